The van der Waals surface area contributed by atoms with Gasteiger partial charge in [0, 0.05) is 43.8 Å². The number of nitrogens with one attached hydrogen (secondary N) is 1. The Morgan fingerprint density at radius 3 is 2.74 bits per heavy atom. The molecule has 10 nitrogen and oxygen atoms in total. The van der Waals surface area contributed by atoms with Gasteiger partial charge in [-0.2, -0.15) is 4.98 Å². The van der Waals surface area contributed by atoms with Gasteiger partial charge < -0.3 is 20.2 Å². The first-order chi connectivity index (χ1) is 18.9. The molecule has 39 heavy (non-hydrogen) atoms. The van der Waals surface area contributed by atoms with Crippen molar-refractivity contribution >= 4 is 28.4 Å². The molecule has 202 valence electrons. The highest BCUT2D eigenvalue weighted by Gasteiger charge is 2.37. The van der Waals surface area contributed by atoms with Crippen molar-refractivity contribution < 1.29 is 5.11 Å². The highest BCUT2D eigenvalue weighted by atomic mass is 16.3. The first kappa shape index (κ1) is 25.3. The topological polar surface area (TPSA) is 104 Å². The van der Waals surface area contributed by atoms with Crippen LogP contribution in [0.2, 0.25) is 0 Å². The number of anilines is 3. The lowest BCUT2D eigenvalue weighted by Crippen LogP contribution is -2.44. The monoisotopic (exact) mass is 526 g/mol. The summed E-state index contributed by atoms with van der Waals surface area (Å²) < 4.78 is 3.26. The van der Waals surface area contributed by atoms with Crippen LogP contribution in [0.15, 0.2) is 60.0 Å². The lowest BCUT2D eigenvalue weighted by Gasteiger charge is -2.34. The summed E-state index contributed by atoms with van der Waals surface area (Å²) in [6.45, 7) is 10.1. The number of aliphatic hydroxyl groups is 1. The zero-order chi connectivity index (χ0) is 27.1. The molecule has 0 radical (unpaired) electrons. The van der Waals surface area contributed by atoms with Crippen LogP contribution in [-0.2, 0) is 18.6 Å². The van der Waals surface area contributed by atoms with Crippen molar-refractivity contribution in [3.05, 3.63) is 76.9 Å². The minimum absolute atomic E-state index is 0.221. The van der Waals surface area contributed by atoms with Gasteiger partial charge in [0.15, 0.2) is 11.5 Å². The fourth-order valence-corrected chi connectivity index (χ4v) is 5.59. The van der Waals surface area contributed by atoms with Crippen molar-refractivity contribution in [3.63, 3.8) is 0 Å². The Hall–Kier alpha value is -4.02. The second-order valence-electron chi connectivity index (χ2n) is 10.4. The van der Waals surface area contributed by atoms with E-state index in [0.29, 0.717) is 41.3 Å². The third-order valence-electron chi connectivity index (χ3n) is 7.96. The minimum Gasteiger partial charge on any atom is -0.384 e. The van der Waals surface area contributed by atoms with E-state index in [1.54, 1.807) is 21.6 Å². The zero-order valence-corrected chi connectivity index (χ0v) is 22.5. The fraction of sp³-hybridized carbons (Fsp3) is 0.379. The van der Waals surface area contributed by atoms with Gasteiger partial charge in [-0.15, -0.1) is 6.58 Å². The molecule has 2 aliphatic rings. The van der Waals surface area contributed by atoms with Gasteiger partial charge in [-0.3, -0.25) is 4.79 Å². The van der Waals surface area contributed by atoms with Crippen molar-refractivity contribution in [2.75, 3.05) is 43.4 Å². The summed E-state index contributed by atoms with van der Waals surface area (Å²) in [6.07, 6.45) is 5.23. The van der Waals surface area contributed by atoms with Crippen LogP contribution in [-0.4, -0.2) is 67.5 Å². The highest BCUT2D eigenvalue weighted by molar-refractivity contribution is 5.77. The highest BCUT2D eigenvalue weighted by Crippen LogP contribution is 2.38. The Bertz CT molecular complexity index is 1600. The average Bonchev–Trinajstić information content (AvgIpc) is 3.43. The van der Waals surface area contributed by atoms with Gasteiger partial charge in [-0.05, 0) is 56.1 Å². The van der Waals surface area contributed by atoms with E-state index in [4.69, 9.17) is 9.97 Å². The summed E-state index contributed by atoms with van der Waals surface area (Å²) >= 11 is 0. The Morgan fingerprint density at radius 1 is 1.15 bits per heavy atom. The number of hydrogen-bond donors (Lipinski definition) is 2. The third kappa shape index (κ3) is 4.49. The molecule has 6 rings (SSSR count). The maximum absolute atomic E-state index is 13.4. The van der Waals surface area contributed by atoms with E-state index in [1.165, 1.54) is 0 Å². The number of hydrogen-bond acceptors (Lipinski definition) is 8. The maximum Gasteiger partial charge on any atom is 0.278 e. The number of piperazine rings is 1. The van der Waals surface area contributed by atoms with E-state index in [2.05, 4.69) is 45.9 Å². The minimum atomic E-state index is -0.964. The van der Waals surface area contributed by atoms with Crippen LogP contribution < -0.4 is 15.8 Å². The Labute approximate surface area is 227 Å². The maximum atomic E-state index is 13.4. The molecule has 0 saturated carbocycles. The van der Waals surface area contributed by atoms with Crippen molar-refractivity contribution in [2.24, 2.45) is 0 Å². The summed E-state index contributed by atoms with van der Waals surface area (Å²) in [5.74, 6) is 0.909. The lowest BCUT2D eigenvalue weighted by molar-refractivity contribution is 0.0306. The Kier molecular flexibility index (Phi) is 6.44. The van der Waals surface area contributed by atoms with Gasteiger partial charge in [0.25, 0.3) is 5.56 Å². The van der Waals surface area contributed by atoms with Gasteiger partial charge in [0.2, 0.25) is 5.95 Å². The summed E-state index contributed by atoms with van der Waals surface area (Å²) in [4.78, 5) is 32.2. The van der Waals surface area contributed by atoms with E-state index in [9.17, 15) is 9.90 Å². The molecular weight excluding hydrogens is 492 g/mol. The molecule has 0 unspecified atom stereocenters. The molecule has 0 bridgehead atoms. The van der Waals surface area contributed by atoms with Crippen LogP contribution in [0.25, 0.3) is 16.9 Å². The van der Waals surface area contributed by atoms with E-state index >= 15 is 0 Å². The van der Waals surface area contributed by atoms with Crippen LogP contribution in [0.1, 0.15) is 31.0 Å². The molecule has 4 aromatic rings. The first-order valence-electron chi connectivity index (χ1n) is 13.5. The third-order valence-corrected chi connectivity index (χ3v) is 7.96. The molecule has 0 amide bonds. The summed E-state index contributed by atoms with van der Waals surface area (Å²) in [7, 11) is 2.15. The second kappa shape index (κ2) is 9.94. The number of benzene rings is 1. The van der Waals surface area contributed by atoms with Crippen molar-refractivity contribution in [1.82, 2.24) is 29.2 Å². The smallest absolute Gasteiger partial charge is 0.278 e. The number of nitrogens with zero attached hydrogens (tertiary/aromatic N) is 7. The summed E-state index contributed by atoms with van der Waals surface area (Å²) in [6, 6.07) is 12.1. The summed E-state index contributed by atoms with van der Waals surface area (Å²) in [5.41, 5.74) is 2.99. The number of likely N-dealkylation sites (N-methyl/N-ethyl adjacent to an activating group) is 1. The first-order valence-corrected chi connectivity index (χ1v) is 13.5. The van der Waals surface area contributed by atoms with Crippen molar-refractivity contribution in [1.29, 1.82) is 0 Å². The fourth-order valence-electron chi connectivity index (χ4n) is 5.59. The van der Waals surface area contributed by atoms with E-state index in [0.717, 1.165) is 49.5 Å². The molecule has 3 aromatic heterocycles. The molecule has 1 aliphatic heterocycles. The van der Waals surface area contributed by atoms with Crippen molar-refractivity contribution in [2.45, 2.75) is 38.3 Å². The Morgan fingerprint density at radius 2 is 1.97 bits per heavy atom. The predicted molar refractivity (Wildman–Crippen MR) is 153 cm³/mol. The lowest BCUT2D eigenvalue weighted by atomic mass is 9.98. The number of pyridine rings is 1. The quantitative estimate of drug-likeness (QED) is 0.354. The molecule has 1 fully saturated rings. The molecule has 2 N–H and O–H groups in total. The van der Waals surface area contributed by atoms with Gasteiger partial charge in [0.05, 0.1) is 12.2 Å². The molecule has 1 aliphatic carbocycles. The van der Waals surface area contributed by atoms with Gasteiger partial charge in [-0.1, -0.05) is 25.1 Å². The Balaban J connectivity index is 1.40. The molecule has 10 heteroatoms. The van der Waals surface area contributed by atoms with Crippen molar-refractivity contribution in [3.8, 4) is 5.82 Å². The molecule has 1 atom stereocenters. The van der Waals surface area contributed by atoms with Gasteiger partial charge in [0.1, 0.15) is 11.0 Å². The average molecular weight is 527 g/mol. The largest absolute Gasteiger partial charge is 0.384 e. The van der Waals surface area contributed by atoms with E-state index in [-0.39, 0.29) is 12.1 Å². The summed E-state index contributed by atoms with van der Waals surface area (Å²) in [5, 5.41) is 14.9. The normalized spacial score (nSPS) is 19.4. The van der Waals surface area contributed by atoms with Gasteiger partial charge >= 0.3 is 0 Å². The number of aryl methyl sites for hydroxylation is 1. The number of fused-ring (bicyclic) bond motifs is 2. The molecule has 1 saturated heterocycles. The second-order valence-corrected chi connectivity index (χ2v) is 10.4. The van der Waals surface area contributed by atoms with E-state index < -0.39 is 5.60 Å². The SMILES string of the molecule is C=CCn1c(=O)c2cnc(Nc3cccc(N4CCN(C)CC4)c3)nc2n1-c1ccc2c(n1)[C@@](O)(CC)CC2. The van der Waals surface area contributed by atoms with Crippen LogP contribution >= 0.6 is 0 Å². The van der Waals surface area contributed by atoms with Gasteiger partial charge in [-0.25, -0.2) is 19.3 Å². The molecule has 4 heterocycles. The zero-order valence-electron chi connectivity index (χ0n) is 22.5. The van der Waals surface area contributed by atoms with Crippen LogP contribution in [0.3, 0.4) is 0 Å². The van der Waals surface area contributed by atoms with E-state index in [1.807, 2.05) is 31.2 Å². The number of allylic oxidation sites excluding steroid dienone is 1. The number of aromatic nitrogens is 5. The molecular formula is C29H34N8O2. The molecule has 1 aromatic carbocycles. The number of rotatable bonds is 7. The standard InChI is InChI=1S/C29H34N8O2/c1-4-13-36-27(38)23-19-30-28(31-21-7-6-8-22(18-21)35-16-14-34(3)15-17-35)33-26(23)37(36)24-10-9-20-11-12-29(39,5-2)25(20)32-24/h4,6-10,18-19,39H,1,5,11-17H2,2-3H3,(H,30,31,33)/t29-/m1/s1. The van der Waals surface area contributed by atoms with Crippen LogP contribution in [0.5, 0.6) is 0 Å². The molecule has 0 spiro atoms. The van der Waals surface area contributed by atoms with Crippen LogP contribution in [0, 0.1) is 0 Å². The predicted octanol–water partition coefficient (Wildman–Crippen LogP) is 3.20. The van der Waals surface area contributed by atoms with Crippen LogP contribution in [0.4, 0.5) is 17.3 Å².